The highest BCUT2D eigenvalue weighted by Gasteiger charge is 1.65. The Hall–Kier alpha value is 2.25. The molecule has 0 aromatic rings. The van der Waals surface area contributed by atoms with E-state index >= 15 is 0 Å². The van der Waals surface area contributed by atoms with E-state index < -0.39 is 36.3 Å². The molecule has 0 aliphatic heterocycles. The first kappa shape index (κ1) is 16.7. The van der Waals surface area contributed by atoms with Crippen LogP contribution in [0.4, 0.5) is 0 Å². The van der Waals surface area contributed by atoms with Crippen LogP contribution >= 0.6 is 36.3 Å². The zero-order valence-corrected chi connectivity index (χ0v) is 9.86. The van der Waals surface area contributed by atoms with E-state index in [9.17, 15) is 0 Å². The number of hydrogen-bond donors (Lipinski definition) is 0. The largest absolute Gasteiger partial charge is 0.618 e. The molecule has 0 spiro atoms. The van der Waals surface area contributed by atoms with Crippen LogP contribution in [0.15, 0.2) is 0 Å². The number of rotatable bonds is 0. The first-order chi connectivity index (χ1) is 3.83. The third-order valence-corrected chi connectivity index (χ3v) is 0. The fourth-order valence-corrected chi connectivity index (χ4v) is 0. The van der Waals surface area contributed by atoms with Crippen molar-refractivity contribution in [3.05, 3.63) is 6.42 Å². The molecule has 0 saturated carbocycles. The van der Waals surface area contributed by atoms with Gasteiger partial charge in [0.05, 0.1) is 0 Å². The van der Waals surface area contributed by atoms with Gasteiger partial charge < -0.3 is 36.3 Å². The van der Waals surface area contributed by atoms with Crippen LogP contribution in [0.5, 0.6) is 0 Å². The van der Waals surface area contributed by atoms with Gasteiger partial charge in [0.15, 0.2) is 0 Å². The summed E-state index contributed by atoms with van der Waals surface area (Å²) in [6.07, 6.45) is 9.00. The van der Waals surface area contributed by atoms with Crippen LogP contribution in [0, 0.1) is 12.8 Å². The zero-order chi connectivity index (χ0) is 7.41. The summed E-state index contributed by atoms with van der Waals surface area (Å²) in [5.74, 6) is 0. The third kappa shape index (κ3) is 85.6. The van der Waals surface area contributed by atoms with Crippen LogP contribution < -0.4 is 0 Å². The number of hydrogen-bond acceptors (Lipinski definition) is 0. The highest BCUT2D eigenvalue weighted by Crippen LogP contribution is 1.67. The van der Waals surface area contributed by atoms with Crippen LogP contribution in [0.3, 0.4) is 0 Å². The summed E-state index contributed by atoms with van der Waals surface area (Å²) in [5.41, 5.74) is 0. The van der Waals surface area contributed by atoms with Crippen molar-refractivity contribution in [1.29, 1.82) is 0 Å². The highest BCUT2D eigenvalue weighted by molar-refractivity contribution is 7.22. The van der Waals surface area contributed by atoms with Crippen molar-refractivity contribution in [2.45, 2.75) is 0 Å². The molecular formula is C2HCl4Mg2. The topological polar surface area (TPSA) is 0 Å². The average molecular weight is 215 g/mol. The average Bonchev–Trinajstić information content (AvgIpc) is 1.75. The van der Waals surface area contributed by atoms with E-state index in [0.29, 0.717) is 0 Å². The fraction of sp³-hybridized carbons (Fsp3) is 0. The van der Waals surface area contributed by atoms with E-state index in [-0.39, 0.29) is 0 Å². The van der Waals surface area contributed by atoms with Gasteiger partial charge >= 0.3 is 36.3 Å². The maximum absolute atomic E-state index is 5.25. The van der Waals surface area contributed by atoms with Gasteiger partial charge in [-0.05, 0) is 6.42 Å². The Morgan fingerprint density at radius 2 is 0.875 bits per heavy atom. The molecule has 0 saturated heterocycles. The first-order valence-corrected chi connectivity index (χ1v) is 9.91. The maximum atomic E-state index is 5.25. The van der Waals surface area contributed by atoms with Crippen molar-refractivity contribution in [3.63, 3.8) is 0 Å². The maximum Gasteiger partial charge on any atom is 0.618 e. The van der Waals surface area contributed by atoms with Gasteiger partial charge in [0.2, 0.25) is 0 Å². The standard InChI is InChI=1S/C2H.4ClH.2Mg/c1-2;;;;;;/h1H;4*1H;;/q;;;;;2*+2/p-4. The van der Waals surface area contributed by atoms with Gasteiger partial charge in [-0.1, -0.05) is 0 Å². The van der Waals surface area contributed by atoms with Crippen molar-refractivity contribution in [2.24, 2.45) is 0 Å². The summed E-state index contributed by atoms with van der Waals surface area (Å²) < 4.78 is 0. The van der Waals surface area contributed by atoms with E-state index in [1.807, 2.05) is 0 Å². The molecule has 0 nitrogen and oxygen atoms in total. The summed E-state index contributed by atoms with van der Waals surface area (Å²) in [6, 6.07) is 0. The molecule has 0 aliphatic carbocycles. The van der Waals surface area contributed by atoms with E-state index in [2.05, 4.69) is 6.42 Å². The van der Waals surface area contributed by atoms with Crippen molar-refractivity contribution in [1.82, 2.24) is 0 Å². The van der Waals surface area contributed by atoms with Crippen molar-refractivity contribution in [2.75, 3.05) is 0 Å². The van der Waals surface area contributed by atoms with Crippen molar-refractivity contribution in [3.8, 4) is 6.42 Å². The van der Waals surface area contributed by atoms with Crippen LogP contribution in [-0.2, 0) is 0 Å². The summed E-state index contributed by atoms with van der Waals surface area (Å²) in [4.78, 5) is 0. The Bertz CT molecular complexity index is 28.5. The molecule has 0 rings (SSSR count). The van der Waals surface area contributed by atoms with E-state index in [1.54, 1.807) is 0 Å². The van der Waals surface area contributed by atoms with Gasteiger partial charge in [0.1, 0.15) is 0 Å². The van der Waals surface area contributed by atoms with Gasteiger partial charge in [-0.2, -0.15) is 0 Å². The monoisotopic (exact) mass is 213 g/mol. The molecule has 8 heavy (non-hydrogen) atoms. The molecule has 0 N–H and O–H groups in total. The molecule has 0 aliphatic rings. The number of terminal acetylenes is 1. The fourth-order valence-electron chi connectivity index (χ4n) is 0. The molecule has 41 valence electrons. The molecule has 1 radical (unpaired) electrons. The van der Waals surface area contributed by atoms with E-state index in [1.165, 1.54) is 0 Å². The Labute approximate surface area is 84.1 Å². The SMILES string of the molecule is [C]#C.[Cl][Mg][Cl].[Cl][Mg][Cl]. The molecule has 0 bridgehead atoms. The molecule has 0 heterocycles. The first-order valence-electron chi connectivity index (χ1n) is 1.36. The molecule has 0 atom stereocenters. The van der Waals surface area contributed by atoms with Gasteiger partial charge in [0, 0.05) is 0 Å². The van der Waals surface area contributed by atoms with Crippen LogP contribution in [0.1, 0.15) is 0 Å². The molecule has 0 fully saturated rings. The quantitative estimate of drug-likeness (QED) is 0.429. The lowest BCUT2D eigenvalue weighted by atomic mass is 11.4. The van der Waals surface area contributed by atoms with E-state index in [0.717, 1.165) is 0 Å². The Morgan fingerprint density at radius 1 is 0.875 bits per heavy atom. The minimum absolute atomic E-state index is 0.639. The van der Waals surface area contributed by atoms with Gasteiger partial charge in [-0.25, -0.2) is 0 Å². The Morgan fingerprint density at radius 3 is 0.875 bits per heavy atom. The third-order valence-electron chi connectivity index (χ3n) is 0. The second-order valence-corrected chi connectivity index (χ2v) is 5.45. The molecule has 0 aromatic carbocycles. The molecule has 0 amide bonds. The van der Waals surface area contributed by atoms with Crippen molar-refractivity contribution < 1.29 is 0 Å². The second kappa shape index (κ2) is 34.8. The van der Waals surface area contributed by atoms with Gasteiger partial charge in [-0.15, -0.1) is 6.42 Å². The molecule has 6 heteroatoms. The summed E-state index contributed by atoms with van der Waals surface area (Å²) in [5, 5.41) is 0. The van der Waals surface area contributed by atoms with Crippen LogP contribution in [0.25, 0.3) is 0 Å². The molecule has 0 aromatic heterocycles. The summed E-state index contributed by atoms with van der Waals surface area (Å²) >= 11 is -1.28. The minimum Gasteiger partial charge on any atom is -0.309 e. The lowest BCUT2D eigenvalue weighted by Gasteiger charge is -1.33. The van der Waals surface area contributed by atoms with E-state index in [4.69, 9.17) is 42.7 Å². The predicted octanol–water partition coefficient (Wildman–Crippen LogP) is 2.20. The lowest BCUT2D eigenvalue weighted by molar-refractivity contribution is 2.90. The van der Waals surface area contributed by atoms with Crippen molar-refractivity contribution >= 4 is 72.6 Å². The number of halogens is 4. The molecular weight excluding hydrogens is 214 g/mol. The van der Waals surface area contributed by atoms with Crippen LogP contribution in [-0.4, -0.2) is 36.3 Å². The van der Waals surface area contributed by atoms with Crippen LogP contribution in [0.2, 0.25) is 0 Å². The minimum atomic E-state index is -0.639. The second-order valence-electron chi connectivity index (χ2n) is 0.202. The Kier molecular flexibility index (Phi) is 72.7. The smallest absolute Gasteiger partial charge is 0.309 e. The summed E-state index contributed by atoms with van der Waals surface area (Å²) in [7, 11) is 19.6. The highest BCUT2D eigenvalue weighted by atomic mass is 35.6. The lowest BCUT2D eigenvalue weighted by Crippen LogP contribution is -1.36. The zero-order valence-electron chi connectivity index (χ0n) is 4.00. The Balaban J connectivity index is -0.0000000483. The van der Waals surface area contributed by atoms with Gasteiger partial charge in [-0.3, -0.25) is 0 Å². The predicted molar refractivity (Wildman–Crippen MR) is 43.1 cm³/mol. The molecule has 0 unspecified atom stereocenters. The van der Waals surface area contributed by atoms with Gasteiger partial charge in [0.25, 0.3) is 0 Å². The normalized spacial score (nSPS) is 2.75. The summed E-state index contributed by atoms with van der Waals surface area (Å²) in [6.45, 7) is 0.